The third-order valence-electron chi connectivity index (χ3n) is 3.20. The average Bonchev–Trinajstić information content (AvgIpc) is 2.58. The van der Waals surface area contributed by atoms with Gasteiger partial charge in [-0.15, -0.1) is 0 Å². The van der Waals surface area contributed by atoms with Crippen molar-refractivity contribution < 1.29 is 19.7 Å². The summed E-state index contributed by atoms with van der Waals surface area (Å²) in [5.41, 5.74) is -0.973. The van der Waals surface area contributed by atoms with E-state index in [0.29, 0.717) is 0 Å². The summed E-state index contributed by atoms with van der Waals surface area (Å²) in [6.45, 7) is -0.279. The molecule has 0 radical (unpaired) electrons. The first kappa shape index (κ1) is 17.4. The molecule has 0 saturated heterocycles. The fourth-order valence-electron chi connectivity index (χ4n) is 1.92. The SMILES string of the molecule is O=C(NCC(O)C(O)c1c[nH]c(=O)[nH]c1=O)OCc1ccccc1. The number of amides is 1. The highest BCUT2D eigenvalue weighted by Crippen LogP contribution is 2.10. The number of aliphatic hydroxyl groups excluding tert-OH is 2. The Hall–Kier alpha value is -2.91. The maximum atomic E-state index is 11.6. The Labute approximate surface area is 135 Å². The van der Waals surface area contributed by atoms with Gasteiger partial charge in [-0.3, -0.25) is 9.78 Å². The summed E-state index contributed by atoms with van der Waals surface area (Å²) in [7, 11) is 0. The first-order valence-electron chi connectivity index (χ1n) is 7.10. The molecule has 0 fully saturated rings. The Morgan fingerprint density at radius 2 is 1.92 bits per heavy atom. The molecule has 0 saturated carbocycles. The molecule has 5 N–H and O–H groups in total. The van der Waals surface area contributed by atoms with Crippen LogP contribution in [-0.4, -0.2) is 38.9 Å². The second kappa shape index (κ2) is 8.09. The molecule has 24 heavy (non-hydrogen) atoms. The van der Waals surface area contributed by atoms with Crippen LogP contribution in [0.15, 0.2) is 46.1 Å². The minimum atomic E-state index is -1.58. The minimum Gasteiger partial charge on any atom is -0.445 e. The maximum absolute atomic E-state index is 11.6. The smallest absolute Gasteiger partial charge is 0.407 e. The molecule has 2 unspecified atom stereocenters. The van der Waals surface area contributed by atoms with Crippen LogP contribution in [-0.2, 0) is 11.3 Å². The Morgan fingerprint density at radius 3 is 2.58 bits per heavy atom. The number of carbonyl (C=O) groups excluding carboxylic acids is 1. The van der Waals surface area contributed by atoms with Gasteiger partial charge in [-0.25, -0.2) is 9.59 Å². The number of alkyl carbamates (subject to hydrolysis) is 1. The van der Waals surface area contributed by atoms with Gasteiger partial charge in [0, 0.05) is 12.7 Å². The Bertz CT molecular complexity index is 786. The predicted octanol–water partition coefficient (Wildman–Crippen LogP) is -0.616. The molecule has 0 spiro atoms. The molecule has 0 aliphatic rings. The average molecular weight is 335 g/mol. The lowest BCUT2D eigenvalue weighted by Crippen LogP contribution is -2.38. The van der Waals surface area contributed by atoms with Crippen molar-refractivity contribution in [1.29, 1.82) is 0 Å². The summed E-state index contributed by atoms with van der Waals surface area (Å²) in [5, 5.41) is 22.0. The molecule has 9 nitrogen and oxygen atoms in total. The van der Waals surface area contributed by atoms with Gasteiger partial charge >= 0.3 is 11.8 Å². The van der Waals surface area contributed by atoms with Gasteiger partial charge in [-0.1, -0.05) is 30.3 Å². The van der Waals surface area contributed by atoms with E-state index in [0.717, 1.165) is 11.8 Å². The molecular weight excluding hydrogens is 318 g/mol. The lowest BCUT2D eigenvalue weighted by atomic mass is 10.1. The molecule has 2 rings (SSSR count). The molecule has 2 atom stereocenters. The van der Waals surface area contributed by atoms with Gasteiger partial charge in [-0.05, 0) is 5.56 Å². The fourth-order valence-corrected chi connectivity index (χ4v) is 1.92. The number of aliphatic hydroxyl groups is 2. The van der Waals surface area contributed by atoms with Crippen molar-refractivity contribution in [2.24, 2.45) is 0 Å². The Kier molecular flexibility index (Phi) is 5.88. The van der Waals surface area contributed by atoms with Gasteiger partial charge < -0.3 is 25.3 Å². The van der Waals surface area contributed by atoms with Gasteiger partial charge in [0.05, 0.1) is 5.56 Å². The zero-order valence-electron chi connectivity index (χ0n) is 12.6. The zero-order chi connectivity index (χ0) is 17.5. The number of H-pyrrole nitrogens is 2. The van der Waals surface area contributed by atoms with Crippen LogP contribution >= 0.6 is 0 Å². The number of rotatable bonds is 6. The van der Waals surface area contributed by atoms with E-state index in [1.54, 1.807) is 24.3 Å². The molecule has 2 aromatic rings. The number of nitrogens with one attached hydrogen (secondary N) is 3. The van der Waals surface area contributed by atoms with Crippen LogP contribution < -0.4 is 16.6 Å². The molecule has 0 aliphatic carbocycles. The van der Waals surface area contributed by atoms with E-state index < -0.39 is 29.6 Å². The van der Waals surface area contributed by atoms with Crippen molar-refractivity contribution >= 4 is 6.09 Å². The van der Waals surface area contributed by atoms with E-state index in [2.05, 4.69) is 10.3 Å². The first-order valence-corrected chi connectivity index (χ1v) is 7.10. The summed E-state index contributed by atoms with van der Waals surface area (Å²) in [5.74, 6) is 0. The maximum Gasteiger partial charge on any atom is 0.407 e. The molecule has 1 heterocycles. The number of aromatic amines is 2. The van der Waals surface area contributed by atoms with Crippen LogP contribution in [0.5, 0.6) is 0 Å². The highest BCUT2D eigenvalue weighted by Gasteiger charge is 2.22. The second-order valence-corrected chi connectivity index (χ2v) is 4.98. The van der Waals surface area contributed by atoms with Crippen molar-refractivity contribution in [3.05, 3.63) is 68.5 Å². The first-order chi connectivity index (χ1) is 11.5. The second-order valence-electron chi connectivity index (χ2n) is 4.98. The number of hydrogen-bond acceptors (Lipinski definition) is 6. The zero-order valence-corrected chi connectivity index (χ0v) is 12.6. The third-order valence-corrected chi connectivity index (χ3v) is 3.20. The van der Waals surface area contributed by atoms with Gasteiger partial charge in [0.25, 0.3) is 5.56 Å². The lowest BCUT2D eigenvalue weighted by Gasteiger charge is -2.17. The summed E-state index contributed by atoms with van der Waals surface area (Å²) < 4.78 is 4.95. The fraction of sp³-hybridized carbons (Fsp3) is 0.267. The number of aromatic nitrogens is 2. The largest absolute Gasteiger partial charge is 0.445 e. The van der Waals surface area contributed by atoms with Crippen LogP contribution in [0, 0.1) is 0 Å². The molecular formula is C15H17N3O6. The number of carbonyl (C=O) groups is 1. The Morgan fingerprint density at radius 1 is 1.21 bits per heavy atom. The summed E-state index contributed by atoms with van der Waals surface area (Å²) >= 11 is 0. The third kappa shape index (κ3) is 4.80. The van der Waals surface area contributed by atoms with Crippen molar-refractivity contribution in [3.8, 4) is 0 Å². The molecule has 0 aliphatic heterocycles. The van der Waals surface area contributed by atoms with E-state index in [-0.39, 0.29) is 18.7 Å². The molecule has 128 valence electrons. The standard InChI is InChI=1S/C15H17N3O6/c19-11(12(20)10-6-16-14(22)18-13(10)21)7-17-15(23)24-8-9-4-2-1-3-5-9/h1-6,11-12,19-20H,7-8H2,(H,17,23)(H2,16,18,21,22). The van der Waals surface area contributed by atoms with Gasteiger partial charge in [0.15, 0.2) is 0 Å². The Balaban J connectivity index is 1.83. The molecule has 9 heteroatoms. The van der Waals surface area contributed by atoms with Crippen LogP contribution in [0.4, 0.5) is 4.79 Å². The number of hydrogen-bond donors (Lipinski definition) is 5. The summed E-state index contributed by atoms with van der Waals surface area (Å²) in [6, 6.07) is 9.01. The van der Waals surface area contributed by atoms with Gasteiger partial charge in [0.1, 0.15) is 18.8 Å². The van der Waals surface area contributed by atoms with E-state index in [1.807, 2.05) is 11.1 Å². The van der Waals surface area contributed by atoms with Crippen molar-refractivity contribution in [3.63, 3.8) is 0 Å². The molecule has 0 bridgehead atoms. The molecule has 1 aromatic heterocycles. The van der Waals surface area contributed by atoms with Crippen LogP contribution in [0.25, 0.3) is 0 Å². The van der Waals surface area contributed by atoms with Gasteiger partial charge in [-0.2, -0.15) is 0 Å². The van der Waals surface area contributed by atoms with Gasteiger partial charge in [0.2, 0.25) is 0 Å². The molecule has 1 aromatic carbocycles. The van der Waals surface area contributed by atoms with E-state index in [1.165, 1.54) is 0 Å². The summed E-state index contributed by atoms with van der Waals surface area (Å²) in [4.78, 5) is 38.1. The van der Waals surface area contributed by atoms with Crippen molar-refractivity contribution in [2.75, 3.05) is 6.54 Å². The van der Waals surface area contributed by atoms with Crippen LogP contribution in [0.3, 0.4) is 0 Å². The monoisotopic (exact) mass is 335 g/mol. The topological polar surface area (TPSA) is 145 Å². The molecule has 1 amide bonds. The normalized spacial score (nSPS) is 13.1. The van der Waals surface area contributed by atoms with E-state index in [9.17, 15) is 24.6 Å². The predicted molar refractivity (Wildman–Crippen MR) is 83.3 cm³/mol. The van der Waals surface area contributed by atoms with Crippen molar-refractivity contribution in [2.45, 2.75) is 18.8 Å². The lowest BCUT2D eigenvalue weighted by molar-refractivity contribution is 0.0173. The van der Waals surface area contributed by atoms with Crippen LogP contribution in [0.1, 0.15) is 17.2 Å². The summed E-state index contributed by atoms with van der Waals surface area (Å²) in [6.07, 6.45) is -2.82. The minimum absolute atomic E-state index is 0.0604. The van der Waals surface area contributed by atoms with Crippen LogP contribution in [0.2, 0.25) is 0 Å². The highest BCUT2D eigenvalue weighted by atomic mass is 16.5. The van der Waals surface area contributed by atoms with Crippen molar-refractivity contribution in [1.82, 2.24) is 15.3 Å². The number of ether oxygens (including phenoxy) is 1. The van der Waals surface area contributed by atoms with E-state index in [4.69, 9.17) is 4.74 Å². The quantitative estimate of drug-likeness (QED) is 0.476. The van der Waals surface area contributed by atoms with E-state index >= 15 is 0 Å². The number of benzene rings is 1. The highest BCUT2D eigenvalue weighted by molar-refractivity contribution is 5.67.